The lowest BCUT2D eigenvalue weighted by molar-refractivity contribution is 0.443. The van der Waals surface area contributed by atoms with E-state index < -0.39 is 0 Å². The van der Waals surface area contributed by atoms with Crippen LogP contribution in [0.5, 0.6) is 0 Å². The van der Waals surface area contributed by atoms with Crippen LogP contribution in [0.25, 0.3) is 11.6 Å². The van der Waals surface area contributed by atoms with Crippen LogP contribution in [0.3, 0.4) is 0 Å². The average molecular weight is 287 g/mol. The van der Waals surface area contributed by atoms with E-state index in [9.17, 15) is 0 Å². The van der Waals surface area contributed by atoms with Gasteiger partial charge in [0.1, 0.15) is 6.04 Å². The van der Waals surface area contributed by atoms with Crippen LogP contribution in [0.4, 0.5) is 0 Å². The van der Waals surface area contributed by atoms with Gasteiger partial charge in [0.05, 0.1) is 0 Å². The zero-order valence-electron chi connectivity index (χ0n) is 10.9. The molecule has 2 aromatic heterocycles. The first-order chi connectivity index (χ1) is 9.88. The molecule has 0 radical (unpaired) electrons. The molecule has 6 nitrogen and oxygen atoms in total. The molecule has 1 atom stereocenters. The van der Waals surface area contributed by atoms with Crippen LogP contribution in [0.15, 0.2) is 40.1 Å². The Morgan fingerprint density at radius 1 is 1.20 bits per heavy atom. The molecule has 0 aliphatic heterocycles. The summed E-state index contributed by atoms with van der Waals surface area (Å²) in [7, 11) is 0. The second kappa shape index (κ2) is 5.89. The Labute approximate surface area is 120 Å². The molecule has 2 heterocycles. The second-order valence-electron chi connectivity index (χ2n) is 4.14. The van der Waals surface area contributed by atoms with Crippen molar-refractivity contribution < 1.29 is 4.42 Å². The number of nitrogens with zero attached hydrogens (tertiary/aromatic N) is 4. The van der Waals surface area contributed by atoms with E-state index in [2.05, 4.69) is 25.1 Å². The van der Waals surface area contributed by atoms with Gasteiger partial charge in [0, 0.05) is 5.38 Å². The van der Waals surface area contributed by atoms with E-state index in [1.165, 1.54) is 11.5 Å². The third-order valence-electron chi connectivity index (χ3n) is 2.81. The van der Waals surface area contributed by atoms with Gasteiger partial charge < -0.3 is 9.73 Å². The minimum Gasteiger partial charge on any atom is -0.417 e. The van der Waals surface area contributed by atoms with E-state index in [-0.39, 0.29) is 6.04 Å². The smallest absolute Gasteiger partial charge is 0.269 e. The van der Waals surface area contributed by atoms with Gasteiger partial charge in [-0.25, -0.2) is 0 Å². The second-order valence-corrected chi connectivity index (χ2v) is 4.75. The Kier molecular flexibility index (Phi) is 3.80. The predicted molar refractivity (Wildman–Crippen MR) is 75.2 cm³/mol. The molecular weight excluding hydrogens is 274 g/mol. The van der Waals surface area contributed by atoms with Gasteiger partial charge in [-0.15, -0.1) is 15.3 Å². The molecule has 1 unspecified atom stereocenters. The Hall–Kier alpha value is -2.12. The summed E-state index contributed by atoms with van der Waals surface area (Å²) in [6.07, 6.45) is 0. The minimum absolute atomic E-state index is 0.117. The van der Waals surface area contributed by atoms with E-state index in [4.69, 9.17) is 4.42 Å². The van der Waals surface area contributed by atoms with Crippen molar-refractivity contribution in [1.82, 2.24) is 25.1 Å². The van der Waals surface area contributed by atoms with Crippen LogP contribution in [0.2, 0.25) is 0 Å². The van der Waals surface area contributed by atoms with E-state index in [0.29, 0.717) is 17.5 Å². The highest BCUT2D eigenvalue weighted by atomic mass is 32.1. The van der Waals surface area contributed by atoms with Crippen molar-refractivity contribution in [3.8, 4) is 11.6 Å². The van der Waals surface area contributed by atoms with Gasteiger partial charge in [-0.1, -0.05) is 41.7 Å². The van der Waals surface area contributed by atoms with Crippen molar-refractivity contribution in [3.63, 3.8) is 0 Å². The summed E-state index contributed by atoms with van der Waals surface area (Å²) in [4.78, 5) is 0. The Morgan fingerprint density at radius 2 is 2.05 bits per heavy atom. The highest BCUT2D eigenvalue weighted by Crippen LogP contribution is 2.24. The molecule has 0 aliphatic carbocycles. The molecule has 1 N–H and O–H groups in total. The summed E-state index contributed by atoms with van der Waals surface area (Å²) >= 11 is 1.25. The highest BCUT2D eigenvalue weighted by Gasteiger charge is 2.20. The summed E-state index contributed by atoms with van der Waals surface area (Å²) in [5.41, 5.74) is 1.69. The number of hydrogen-bond acceptors (Lipinski definition) is 7. The zero-order chi connectivity index (χ0) is 13.8. The first kappa shape index (κ1) is 12.9. The molecule has 20 heavy (non-hydrogen) atoms. The number of benzene rings is 1. The van der Waals surface area contributed by atoms with Gasteiger partial charge in [0.25, 0.3) is 5.89 Å². The summed E-state index contributed by atoms with van der Waals surface area (Å²) in [5.74, 6) is 0.925. The van der Waals surface area contributed by atoms with Crippen LogP contribution in [-0.4, -0.2) is 26.3 Å². The van der Waals surface area contributed by atoms with E-state index >= 15 is 0 Å². The minimum atomic E-state index is -0.117. The standard InChI is InChI=1S/C13H13N5OS/c1-2-14-11(9-6-4-3-5-7-9)13-17-16-12(19-13)10-8-20-18-15-10/h3-8,11,14H,2H2,1H3. The molecule has 1 aromatic carbocycles. The lowest BCUT2D eigenvalue weighted by Gasteiger charge is -2.13. The van der Waals surface area contributed by atoms with Crippen molar-refractivity contribution in [1.29, 1.82) is 0 Å². The van der Waals surface area contributed by atoms with Crippen LogP contribution in [0.1, 0.15) is 24.4 Å². The third kappa shape index (κ3) is 2.59. The molecule has 7 heteroatoms. The average Bonchev–Trinajstić information content (AvgIpc) is 3.16. The lowest BCUT2D eigenvalue weighted by Crippen LogP contribution is -2.22. The summed E-state index contributed by atoms with van der Waals surface area (Å²) in [6, 6.07) is 9.90. The maximum atomic E-state index is 5.72. The number of aromatic nitrogens is 4. The van der Waals surface area contributed by atoms with Gasteiger partial charge >= 0.3 is 0 Å². The summed E-state index contributed by atoms with van der Waals surface area (Å²) in [6.45, 7) is 2.84. The monoisotopic (exact) mass is 287 g/mol. The fourth-order valence-electron chi connectivity index (χ4n) is 1.91. The van der Waals surface area contributed by atoms with Crippen molar-refractivity contribution in [3.05, 3.63) is 47.2 Å². The molecule has 3 aromatic rings. The maximum absolute atomic E-state index is 5.72. The first-order valence-corrected chi connectivity index (χ1v) is 7.11. The highest BCUT2D eigenvalue weighted by molar-refractivity contribution is 7.03. The molecule has 0 aliphatic rings. The van der Waals surface area contributed by atoms with Crippen LogP contribution >= 0.6 is 11.5 Å². The molecule has 0 spiro atoms. The van der Waals surface area contributed by atoms with Crippen molar-refractivity contribution in [2.24, 2.45) is 0 Å². The molecular formula is C13H13N5OS. The normalized spacial score (nSPS) is 12.4. The molecule has 0 saturated carbocycles. The quantitative estimate of drug-likeness (QED) is 0.776. The summed E-state index contributed by atoms with van der Waals surface area (Å²) in [5, 5.41) is 17.2. The predicted octanol–water partition coefficient (Wildman–Crippen LogP) is 2.29. The van der Waals surface area contributed by atoms with Crippen LogP contribution in [0, 0.1) is 0 Å². The van der Waals surface area contributed by atoms with Crippen LogP contribution in [-0.2, 0) is 0 Å². The first-order valence-electron chi connectivity index (χ1n) is 6.27. The van der Waals surface area contributed by atoms with Crippen molar-refractivity contribution in [2.45, 2.75) is 13.0 Å². The van der Waals surface area contributed by atoms with E-state index in [0.717, 1.165) is 12.1 Å². The number of nitrogens with one attached hydrogen (secondary N) is 1. The molecule has 0 amide bonds. The Balaban J connectivity index is 1.92. The fraction of sp³-hybridized carbons (Fsp3) is 0.231. The van der Waals surface area contributed by atoms with Gasteiger partial charge in [0.2, 0.25) is 5.89 Å². The molecule has 3 rings (SSSR count). The number of rotatable bonds is 5. The van der Waals surface area contributed by atoms with E-state index in [1.807, 2.05) is 37.3 Å². The van der Waals surface area contributed by atoms with Crippen molar-refractivity contribution in [2.75, 3.05) is 6.54 Å². The van der Waals surface area contributed by atoms with Gasteiger partial charge in [-0.2, -0.15) is 0 Å². The summed E-state index contributed by atoms with van der Waals surface area (Å²) < 4.78 is 9.51. The molecule has 0 saturated heterocycles. The van der Waals surface area contributed by atoms with Crippen LogP contribution < -0.4 is 5.32 Å². The van der Waals surface area contributed by atoms with Gasteiger partial charge in [0.15, 0.2) is 5.69 Å². The third-order valence-corrected chi connectivity index (χ3v) is 3.31. The van der Waals surface area contributed by atoms with E-state index in [1.54, 1.807) is 5.38 Å². The number of hydrogen-bond donors (Lipinski definition) is 1. The Bertz CT molecular complexity index is 652. The molecule has 0 bridgehead atoms. The Morgan fingerprint density at radius 3 is 2.75 bits per heavy atom. The SMILES string of the molecule is CCNC(c1ccccc1)c1nnc(-c2csnn2)o1. The molecule has 102 valence electrons. The largest absolute Gasteiger partial charge is 0.417 e. The lowest BCUT2D eigenvalue weighted by atomic mass is 10.1. The fourth-order valence-corrected chi connectivity index (χ4v) is 2.34. The van der Waals surface area contributed by atoms with Gasteiger partial charge in [-0.05, 0) is 23.6 Å². The van der Waals surface area contributed by atoms with Gasteiger partial charge in [-0.3, -0.25) is 0 Å². The van der Waals surface area contributed by atoms with Crippen molar-refractivity contribution >= 4 is 11.5 Å². The maximum Gasteiger partial charge on any atom is 0.269 e. The molecule has 0 fully saturated rings. The zero-order valence-corrected chi connectivity index (χ0v) is 11.7. The topological polar surface area (TPSA) is 76.7 Å².